The number of rotatable bonds is 5. The van der Waals surface area contributed by atoms with Crippen LogP contribution < -0.4 is 15.8 Å². The van der Waals surface area contributed by atoms with Gasteiger partial charge in [0.25, 0.3) is 0 Å². The van der Waals surface area contributed by atoms with Gasteiger partial charge in [0.2, 0.25) is 0 Å². The van der Waals surface area contributed by atoms with Gasteiger partial charge in [-0.1, -0.05) is 12.1 Å². The van der Waals surface area contributed by atoms with E-state index in [1.807, 2.05) is 32.0 Å². The molecule has 3 aromatic rings. The lowest BCUT2D eigenvalue weighted by atomic mass is 10.1. The van der Waals surface area contributed by atoms with Crippen molar-refractivity contribution in [2.75, 3.05) is 5.32 Å². The van der Waals surface area contributed by atoms with Gasteiger partial charge in [0.05, 0.1) is 12.7 Å². The molecule has 3 rings (SSSR count). The summed E-state index contributed by atoms with van der Waals surface area (Å²) in [5, 5.41) is 3.04. The summed E-state index contributed by atoms with van der Waals surface area (Å²) in [6.45, 7) is 4.34. The van der Waals surface area contributed by atoms with Crippen LogP contribution in [-0.2, 0) is 6.54 Å². The Hall–Kier alpha value is -3.41. The first kappa shape index (κ1) is 18.4. The maximum Gasteiger partial charge on any atom is 0.193 e. The summed E-state index contributed by atoms with van der Waals surface area (Å²) >= 11 is 0. The largest absolute Gasteiger partial charge is 0.453 e. The molecule has 5 nitrogen and oxygen atoms in total. The monoisotopic (exact) mass is 364 g/mol. The van der Waals surface area contributed by atoms with Gasteiger partial charge in [0.15, 0.2) is 17.5 Å². The lowest BCUT2D eigenvalue weighted by molar-refractivity contribution is 0.440. The van der Waals surface area contributed by atoms with Crippen molar-refractivity contribution in [2.24, 2.45) is 10.7 Å². The van der Waals surface area contributed by atoms with Crippen LogP contribution in [0.4, 0.5) is 10.1 Å². The number of anilines is 1. The summed E-state index contributed by atoms with van der Waals surface area (Å²) < 4.78 is 19.7. The smallest absolute Gasteiger partial charge is 0.193 e. The van der Waals surface area contributed by atoms with Crippen LogP contribution in [0, 0.1) is 19.7 Å². The fourth-order valence-corrected chi connectivity index (χ4v) is 2.44. The van der Waals surface area contributed by atoms with Crippen molar-refractivity contribution in [1.29, 1.82) is 0 Å². The van der Waals surface area contributed by atoms with Gasteiger partial charge in [0.1, 0.15) is 5.75 Å². The first-order valence-corrected chi connectivity index (χ1v) is 8.52. The molecular formula is C21H21FN4O. The number of nitrogens with two attached hydrogens (primary N) is 1. The molecule has 6 heteroatoms. The number of ether oxygens (including phenoxy) is 1. The number of hydrogen-bond acceptors (Lipinski definition) is 3. The zero-order valence-electron chi connectivity index (χ0n) is 15.2. The van der Waals surface area contributed by atoms with E-state index in [4.69, 9.17) is 10.5 Å². The van der Waals surface area contributed by atoms with Gasteiger partial charge in [-0.15, -0.1) is 0 Å². The summed E-state index contributed by atoms with van der Waals surface area (Å²) in [7, 11) is 0. The highest BCUT2D eigenvalue weighted by Crippen LogP contribution is 2.24. The van der Waals surface area contributed by atoms with Gasteiger partial charge in [-0.25, -0.2) is 9.38 Å². The number of aliphatic imine (C=N–C) groups is 1. The Morgan fingerprint density at radius 3 is 2.70 bits per heavy atom. The first-order valence-electron chi connectivity index (χ1n) is 8.52. The Morgan fingerprint density at radius 2 is 2.00 bits per heavy atom. The van der Waals surface area contributed by atoms with E-state index in [1.165, 1.54) is 23.4 Å². The van der Waals surface area contributed by atoms with Crippen molar-refractivity contribution in [3.8, 4) is 11.5 Å². The van der Waals surface area contributed by atoms with E-state index >= 15 is 0 Å². The van der Waals surface area contributed by atoms with Gasteiger partial charge in [-0.2, -0.15) is 0 Å². The molecule has 0 spiro atoms. The van der Waals surface area contributed by atoms with Gasteiger partial charge in [-0.3, -0.25) is 4.98 Å². The fraction of sp³-hybridized carbons (Fsp3) is 0.143. The number of pyridine rings is 1. The van der Waals surface area contributed by atoms with E-state index in [2.05, 4.69) is 15.3 Å². The third-order valence-corrected chi connectivity index (χ3v) is 4.07. The molecule has 0 aliphatic heterocycles. The zero-order chi connectivity index (χ0) is 19.2. The third-order valence-electron chi connectivity index (χ3n) is 4.07. The van der Waals surface area contributed by atoms with Crippen molar-refractivity contribution in [3.05, 3.63) is 83.4 Å². The highest BCUT2D eigenvalue weighted by atomic mass is 19.1. The van der Waals surface area contributed by atoms with Crippen molar-refractivity contribution >= 4 is 11.6 Å². The summed E-state index contributed by atoms with van der Waals surface area (Å²) in [6, 6.07) is 14.1. The number of guanidine groups is 1. The van der Waals surface area contributed by atoms with Crippen LogP contribution in [0.3, 0.4) is 0 Å². The average molecular weight is 364 g/mol. The Kier molecular flexibility index (Phi) is 5.66. The number of nitrogens with one attached hydrogen (secondary N) is 1. The maximum absolute atomic E-state index is 14.2. The van der Waals surface area contributed by atoms with E-state index in [1.54, 1.807) is 30.5 Å². The summed E-state index contributed by atoms with van der Waals surface area (Å²) in [5.41, 5.74) is 9.86. The summed E-state index contributed by atoms with van der Waals surface area (Å²) in [5.74, 6) is 0.419. The molecule has 2 aromatic carbocycles. The lowest BCUT2D eigenvalue weighted by Crippen LogP contribution is -2.22. The van der Waals surface area contributed by atoms with Crippen molar-refractivity contribution in [3.63, 3.8) is 0 Å². The van der Waals surface area contributed by atoms with E-state index in [0.717, 1.165) is 5.69 Å². The van der Waals surface area contributed by atoms with E-state index < -0.39 is 5.82 Å². The third kappa shape index (κ3) is 5.04. The molecule has 1 aromatic heterocycles. The Labute approximate surface area is 157 Å². The average Bonchev–Trinajstić information content (AvgIpc) is 2.66. The van der Waals surface area contributed by atoms with Crippen molar-refractivity contribution < 1.29 is 9.13 Å². The topological polar surface area (TPSA) is 72.5 Å². The molecule has 0 amide bonds. The SMILES string of the molecule is Cc1ccc(NC(N)=NCc2ccc(Oc3cccnc3)c(F)c2)cc1C. The van der Waals surface area contributed by atoms with E-state index in [9.17, 15) is 4.39 Å². The number of aromatic nitrogens is 1. The molecule has 0 atom stereocenters. The van der Waals surface area contributed by atoms with Crippen LogP contribution in [0.2, 0.25) is 0 Å². The molecule has 0 radical (unpaired) electrons. The molecule has 0 aliphatic rings. The van der Waals surface area contributed by atoms with Crippen molar-refractivity contribution in [1.82, 2.24) is 4.98 Å². The van der Waals surface area contributed by atoms with Crippen LogP contribution in [0.1, 0.15) is 16.7 Å². The summed E-state index contributed by atoms with van der Waals surface area (Å²) in [4.78, 5) is 8.20. The fourth-order valence-electron chi connectivity index (χ4n) is 2.44. The zero-order valence-corrected chi connectivity index (χ0v) is 15.2. The predicted octanol–water partition coefficient (Wildman–Crippen LogP) is 4.56. The van der Waals surface area contributed by atoms with Gasteiger partial charge in [-0.05, 0) is 66.9 Å². The number of hydrogen-bond donors (Lipinski definition) is 2. The van der Waals surface area contributed by atoms with Gasteiger partial charge < -0.3 is 15.8 Å². The quantitative estimate of drug-likeness (QED) is 0.514. The molecule has 0 bridgehead atoms. The molecular weight excluding hydrogens is 343 g/mol. The molecule has 0 saturated heterocycles. The Balaban J connectivity index is 1.64. The van der Waals surface area contributed by atoms with Crippen LogP contribution in [0.5, 0.6) is 11.5 Å². The highest BCUT2D eigenvalue weighted by Gasteiger charge is 2.06. The molecule has 0 unspecified atom stereocenters. The molecule has 0 saturated carbocycles. The maximum atomic E-state index is 14.2. The minimum Gasteiger partial charge on any atom is -0.453 e. The predicted molar refractivity (Wildman–Crippen MR) is 106 cm³/mol. The first-order chi connectivity index (χ1) is 13.0. The second-order valence-electron chi connectivity index (χ2n) is 6.18. The minimum absolute atomic E-state index is 0.136. The van der Waals surface area contributed by atoms with Crippen molar-refractivity contribution in [2.45, 2.75) is 20.4 Å². The molecule has 0 fully saturated rings. The molecule has 27 heavy (non-hydrogen) atoms. The second kappa shape index (κ2) is 8.31. The molecule has 1 heterocycles. The van der Waals surface area contributed by atoms with Gasteiger partial charge in [0, 0.05) is 11.9 Å². The number of benzene rings is 2. The minimum atomic E-state index is -0.466. The van der Waals surface area contributed by atoms with Crippen LogP contribution >= 0.6 is 0 Å². The van der Waals surface area contributed by atoms with Crippen LogP contribution in [0.15, 0.2) is 65.9 Å². The Bertz CT molecular complexity index is 958. The highest BCUT2D eigenvalue weighted by molar-refractivity contribution is 5.92. The standard InChI is InChI=1S/C21H21FN4O/c1-14-5-7-17(10-15(14)2)26-21(23)25-12-16-6-8-20(19(22)11-16)27-18-4-3-9-24-13-18/h3-11,13H,12H2,1-2H3,(H3,23,25,26). The van der Waals surface area contributed by atoms with Gasteiger partial charge >= 0.3 is 0 Å². The lowest BCUT2D eigenvalue weighted by Gasteiger charge is -2.09. The number of aryl methyl sites for hydroxylation is 2. The molecule has 0 aliphatic carbocycles. The van der Waals surface area contributed by atoms with E-state index in [-0.39, 0.29) is 18.3 Å². The number of halogens is 1. The van der Waals surface area contributed by atoms with E-state index in [0.29, 0.717) is 11.3 Å². The second-order valence-corrected chi connectivity index (χ2v) is 6.18. The number of nitrogens with zero attached hydrogens (tertiary/aromatic N) is 2. The van der Waals surface area contributed by atoms with Crippen LogP contribution in [-0.4, -0.2) is 10.9 Å². The normalized spacial score (nSPS) is 11.3. The summed E-state index contributed by atoms with van der Waals surface area (Å²) in [6.07, 6.45) is 3.15. The van der Waals surface area contributed by atoms with Crippen LogP contribution in [0.25, 0.3) is 0 Å². The molecule has 138 valence electrons. The Morgan fingerprint density at radius 1 is 1.15 bits per heavy atom. The molecule has 3 N–H and O–H groups in total.